The molecule has 94 valence electrons. The normalized spacial score (nSPS) is 18.4. The Balaban J connectivity index is 2.10. The Morgan fingerprint density at radius 2 is 2.28 bits per heavy atom. The van der Waals surface area contributed by atoms with Crippen LogP contribution in [0.4, 0.5) is 0 Å². The largest absolute Gasteiger partial charge is 0.496 e. The fourth-order valence-corrected chi connectivity index (χ4v) is 2.69. The van der Waals surface area contributed by atoms with Crippen molar-refractivity contribution in [2.75, 3.05) is 13.7 Å². The maximum Gasteiger partial charge on any atom is 0.122 e. The van der Waals surface area contributed by atoms with E-state index in [1.54, 1.807) is 7.11 Å². The zero-order valence-electron chi connectivity index (χ0n) is 10.7. The summed E-state index contributed by atoms with van der Waals surface area (Å²) < 4.78 is 7.38. The van der Waals surface area contributed by atoms with Crippen LogP contribution in [-0.4, -0.2) is 23.4 Å². The van der Waals surface area contributed by atoms with Gasteiger partial charge in [0.15, 0.2) is 0 Å². The quantitative estimate of drug-likeness (QED) is 0.872. The maximum atomic E-state index is 5.46. The number of fused-ring (bicyclic) bond motifs is 1. The highest BCUT2D eigenvalue weighted by molar-refractivity contribution is 5.46. The minimum absolute atomic E-state index is 0.205. The van der Waals surface area contributed by atoms with Gasteiger partial charge in [0.2, 0.25) is 0 Å². The average molecular weight is 243 g/mol. The average Bonchev–Trinajstić information content (AvgIpc) is 2.83. The minimum atomic E-state index is 0.205. The molecule has 1 unspecified atom stereocenters. The summed E-state index contributed by atoms with van der Waals surface area (Å²) in [5.74, 6) is 0.987. The van der Waals surface area contributed by atoms with Gasteiger partial charge < -0.3 is 10.1 Å². The Labute approximate surface area is 107 Å². The van der Waals surface area contributed by atoms with Crippen molar-refractivity contribution in [3.8, 4) is 5.75 Å². The molecule has 3 rings (SSSR count). The second kappa shape index (κ2) is 4.46. The molecular formula is C14H17N3O. The molecule has 1 aromatic heterocycles. The van der Waals surface area contributed by atoms with Crippen molar-refractivity contribution in [3.63, 3.8) is 0 Å². The molecule has 0 saturated heterocycles. The highest BCUT2D eigenvalue weighted by atomic mass is 16.5. The Morgan fingerprint density at radius 3 is 3.00 bits per heavy atom. The van der Waals surface area contributed by atoms with Gasteiger partial charge in [0.25, 0.3) is 0 Å². The van der Waals surface area contributed by atoms with E-state index in [9.17, 15) is 0 Å². The van der Waals surface area contributed by atoms with Crippen LogP contribution < -0.4 is 10.1 Å². The van der Waals surface area contributed by atoms with Crippen LogP contribution in [0.1, 0.15) is 22.9 Å². The number of ether oxygens (including phenoxy) is 1. The third-order valence-corrected chi connectivity index (χ3v) is 3.58. The molecule has 1 N–H and O–H groups in total. The van der Waals surface area contributed by atoms with Crippen molar-refractivity contribution < 1.29 is 4.74 Å². The van der Waals surface area contributed by atoms with Gasteiger partial charge in [-0.25, -0.2) is 0 Å². The first-order chi connectivity index (χ1) is 8.81. The Bertz CT molecular complexity index is 562. The van der Waals surface area contributed by atoms with Crippen molar-refractivity contribution in [1.82, 2.24) is 15.1 Å². The van der Waals surface area contributed by atoms with Crippen LogP contribution in [0.15, 0.2) is 30.5 Å². The van der Waals surface area contributed by atoms with E-state index in [0.29, 0.717) is 0 Å². The summed E-state index contributed by atoms with van der Waals surface area (Å²) in [6, 6.07) is 8.52. The number of methoxy groups -OCH3 is 1. The van der Waals surface area contributed by atoms with Crippen molar-refractivity contribution in [3.05, 3.63) is 47.3 Å². The van der Waals surface area contributed by atoms with Crippen molar-refractivity contribution in [1.29, 1.82) is 0 Å². The lowest BCUT2D eigenvalue weighted by atomic mass is 9.91. The number of rotatable bonds is 2. The molecule has 1 atom stereocenters. The predicted octanol–water partition coefficient (Wildman–Crippen LogP) is 1.66. The van der Waals surface area contributed by atoms with Gasteiger partial charge in [0.05, 0.1) is 18.8 Å². The highest BCUT2D eigenvalue weighted by Gasteiger charge is 2.25. The fourth-order valence-electron chi connectivity index (χ4n) is 2.69. The van der Waals surface area contributed by atoms with Gasteiger partial charge in [-0.05, 0) is 24.1 Å². The number of nitrogens with zero attached hydrogens (tertiary/aromatic N) is 2. The Kier molecular flexibility index (Phi) is 2.80. The minimum Gasteiger partial charge on any atom is -0.496 e. The monoisotopic (exact) mass is 243 g/mol. The standard InChI is InChI=1S/C14H17N3O/c1-17-12(7-9-16-17)14-11-4-3-5-13(18-2)10(11)6-8-15-14/h3-5,7,9,14-15H,6,8H2,1-2H3. The smallest absolute Gasteiger partial charge is 0.122 e. The van der Waals surface area contributed by atoms with E-state index in [0.717, 1.165) is 18.7 Å². The molecule has 0 saturated carbocycles. The summed E-state index contributed by atoms with van der Waals surface area (Å²) in [5.41, 5.74) is 3.79. The predicted molar refractivity (Wildman–Crippen MR) is 69.8 cm³/mol. The van der Waals surface area contributed by atoms with Gasteiger partial charge in [0.1, 0.15) is 5.75 Å². The van der Waals surface area contributed by atoms with Crippen LogP contribution in [0, 0.1) is 0 Å². The molecule has 1 aliphatic rings. The molecule has 1 aliphatic heterocycles. The van der Waals surface area contributed by atoms with E-state index in [1.165, 1.54) is 16.8 Å². The first-order valence-electron chi connectivity index (χ1n) is 6.18. The van der Waals surface area contributed by atoms with Crippen molar-refractivity contribution in [2.24, 2.45) is 7.05 Å². The molecule has 4 heteroatoms. The molecule has 18 heavy (non-hydrogen) atoms. The van der Waals surface area contributed by atoms with Gasteiger partial charge in [-0.15, -0.1) is 0 Å². The first-order valence-corrected chi connectivity index (χ1v) is 6.18. The first kappa shape index (κ1) is 11.3. The number of aryl methyl sites for hydroxylation is 1. The van der Waals surface area contributed by atoms with Crippen LogP contribution in [0.25, 0.3) is 0 Å². The fraction of sp³-hybridized carbons (Fsp3) is 0.357. The lowest BCUT2D eigenvalue weighted by molar-refractivity contribution is 0.402. The van der Waals surface area contributed by atoms with E-state index >= 15 is 0 Å². The SMILES string of the molecule is COc1cccc2c1CCNC2c1ccnn1C. The molecule has 0 spiro atoms. The maximum absolute atomic E-state index is 5.46. The lowest BCUT2D eigenvalue weighted by Crippen LogP contribution is -2.32. The van der Waals surface area contributed by atoms with Gasteiger partial charge in [0, 0.05) is 25.4 Å². The summed E-state index contributed by atoms with van der Waals surface area (Å²) in [6.07, 6.45) is 2.85. The van der Waals surface area contributed by atoms with Crippen LogP contribution in [0.5, 0.6) is 5.75 Å². The van der Waals surface area contributed by atoms with E-state index in [1.807, 2.05) is 30.1 Å². The number of hydrogen-bond donors (Lipinski definition) is 1. The van der Waals surface area contributed by atoms with Gasteiger partial charge >= 0.3 is 0 Å². The third kappa shape index (κ3) is 1.69. The molecule has 0 radical (unpaired) electrons. The number of nitrogens with one attached hydrogen (secondary N) is 1. The summed E-state index contributed by atoms with van der Waals surface area (Å²) in [5, 5.41) is 7.81. The number of benzene rings is 1. The number of aromatic nitrogens is 2. The van der Waals surface area contributed by atoms with E-state index < -0.39 is 0 Å². The third-order valence-electron chi connectivity index (χ3n) is 3.58. The topological polar surface area (TPSA) is 39.1 Å². The molecule has 0 bridgehead atoms. The molecule has 2 aromatic rings. The molecule has 1 aromatic carbocycles. The molecular weight excluding hydrogens is 226 g/mol. The molecule has 0 fully saturated rings. The molecule has 0 amide bonds. The summed E-state index contributed by atoms with van der Waals surface area (Å²) in [6.45, 7) is 0.962. The number of hydrogen-bond acceptors (Lipinski definition) is 3. The van der Waals surface area contributed by atoms with Crippen molar-refractivity contribution >= 4 is 0 Å². The molecule has 4 nitrogen and oxygen atoms in total. The zero-order chi connectivity index (χ0) is 12.5. The zero-order valence-corrected chi connectivity index (χ0v) is 10.7. The van der Waals surface area contributed by atoms with E-state index in [4.69, 9.17) is 4.74 Å². The van der Waals surface area contributed by atoms with Crippen LogP contribution in [-0.2, 0) is 13.5 Å². The second-order valence-electron chi connectivity index (χ2n) is 4.54. The highest BCUT2D eigenvalue weighted by Crippen LogP contribution is 2.33. The van der Waals surface area contributed by atoms with Crippen LogP contribution >= 0.6 is 0 Å². The molecule has 0 aliphatic carbocycles. The van der Waals surface area contributed by atoms with Gasteiger partial charge in [-0.2, -0.15) is 5.10 Å². The molecule has 2 heterocycles. The van der Waals surface area contributed by atoms with Crippen LogP contribution in [0.3, 0.4) is 0 Å². The Hall–Kier alpha value is -1.81. The van der Waals surface area contributed by atoms with E-state index in [2.05, 4.69) is 22.5 Å². The summed E-state index contributed by atoms with van der Waals surface area (Å²) >= 11 is 0. The van der Waals surface area contributed by atoms with Crippen molar-refractivity contribution in [2.45, 2.75) is 12.5 Å². The summed E-state index contributed by atoms with van der Waals surface area (Å²) in [7, 11) is 3.71. The lowest BCUT2D eigenvalue weighted by Gasteiger charge is -2.28. The van der Waals surface area contributed by atoms with Crippen LogP contribution in [0.2, 0.25) is 0 Å². The Morgan fingerprint density at radius 1 is 1.39 bits per heavy atom. The second-order valence-corrected chi connectivity index (χ2v) is 4.54. The summed E-state index contributed by atoms with van der Waals surface area (Å²) in [4.78, 5) is 0. The van der Waals surface area contributed by atoms with E-state index in [-0.39, 0.29) is 6.04 Å². The van der Waals surface area contributed by atoms with Gasteiger partial charge in [-0.3, -0.25) is 4.68 Å². The van der Waals surface area contributed by atoms with Gasteiger partial charge in [-0.1, -0.05) is 12.1 Å².